The van der Waals surface area contributed by atoms with Gasteiger partial charge in [-0.2, -0.15) is 0 Å². The van der Waals surface area contributed by atoms with Crippen LogP contribution in [0.5, 0.6) is 0 Å². The Balaban J connectivity index is 2.39. The molecule has 0 saturated carbocycles. The van der Waals surface area contributed by atoms with Gasteiger partial charge in [0.05, 0.1) is 17.0 Å². The topological polar surface area (TPSA) is 86.8 Å². The lowest BCUT2D eigenvalue weighted by atomic mass is 10.1. The smallest absolute Gasteiger partial charge is 0.244 e. The Bertz CT molecular complexity index is 1100. The Hall–Kier alpha value is -2.36. The van der Waals surface area contributed by atoms with Crippen molar-refractivity contribution in [2.75, 3.05) is 23.7 Å². The standard InChI is InChI=1S/C22H26Cl2FN3O4S/c1-4-11-26-22(30)15(2)27(13-16-5-8-18(25)9-6-16)21(29)14-28(33(3,31)32)20-10-7-17(23)12-19(20)24/h5-10,12,15H,4,11,13-14H2,1-3H3,(H,26,30)/t15-/m1/s1. The lowest BCUT2D eigenvalue weighted by Crippen LogP contribution is -2.51. The van der Waals surface area contributed by atoms with Gasteiger partial charge in [0.1, 0.15) is 18.4 Å². The van der Waals surface area contributed by atoms with E-state index in [9.17, 15) is 22.4 Å². The van der Waals surface area contributed by atoms with E-state index >= 15 is 0 Å². The van der Waals surface area contributed by atoms with E-state index in [0.29, 0.717) is 23.6 Å². The number of amides is 2. The molecule has 0 aromatic heterocycles. The zero-order chi connectivity index (χ0) is 24.8. The number of sulfonamides is 1. The highest BCUT2D eigenvalue weighted by Crippen LogP contribution is 2.30. The molecule has 0 spiro atoms. The van der Waals surface area contributed by atoms with E-state index in [0.717, 1.165) is 10.6 Å². The van der Waals surface area contributed by atoms with Crippen molar-refractivity contribution >= 4 is 50.7 Å². The first kappa shape index (κ1) is 26.9. The fourth-order valence-corrected chi connectivity index (χ4v) is 4.47. The number of nitrogens with one attached hydrogen (secondary N) is 1. The number of hydrogen-bond donors (Lipinski definition) is 1. The summed E-state index contributed by atoms with van der Waals surface area (Å²) < 4.78 is 39.2. The Morgan fingerprint density at radius 3 is 2.30 bits per heavy atom. The van der Waals surface area contributed by atoms with Crippen LogP contribution in [0.25, 0.3) is 0 Å². The number of carbonyl (C=O) groups excluding carboxylic acids is 2. The third kappa shape index (κ3) is 7.58. The van der Waals surface area contributed by atoms with Crippen molar-refractivity contribution in [3.63, 3.8) is 0 Å². The quantitative estimate of drug-likeness (QED) is 0.518. The predicted molar refractivity (Wildman–Crippen MR) is 128 cm³/mol. The molecule has 0 heterocycles. The number of rotatable bonds is 10. The fraction of sp³-hybridized carbons (Fsp3) is 0.364. The molecule has 11 heteroatoms. The van der Waals surface area contributed by atoms with Crippen LogP contribution in [0, 0.1) is 5.82 Å². The van der Waals surface area contributed by atoms with Gasteiger partial charge in [0.15, 0.2) is 0 Å². The highest BCUT2D eigenvalue weighted by Gasteiger charge is 2.30. The Labute approximate surface area is 203 Å². The molecule has 180 valence electrons. The predicted octanol–water partition coefficient (Wildman–Crippen LogP) is 3.84. The van der Waals surface area contributed by atoms with Gasteiger partial charge in [0.25, 0.3) is 0 Å². The highest BCUT2D eigenvalue weighted by atomic mass is 35.5. The van der Waals surface area contributed by atoms with Crippen molar-refractivity contribution in [3.05, 3.63) is 63.9 Å². The minimum atomic E-state index is -3.91. The molecule has 2 rings (SSSR count). The molecule has 1 N–H and O–H groups in total. The van der Waals surface area contributed by atoms with Crippen molar-refractivity contribution in [1.82, 2.24) is 10.2 Å². The van der Waals surface area contributed by atoms with Gasteiger partial charge in [-0.25, -0.2) is 12.8 Å². The number of hydrogen-bond acceptors (Lipinski definition) is 4. The number of nitrogens with zero attached hydrogens (tertiary/aromatic N) is 2. The van der Waals surface area contributed by atoms with E-state index in [1.165, 1.54) is 47.4 Å². The number of halogens is 3. The van der Waals surface area contributed by atoms with E-state index in [-0.39, 0.29) is 23.2 Å². The zero-order valence-corrected chi connectivity index (χ0v) is 20.8. The van der Waals surface area contributed by atoms with E-state index in [2.05, 4.69) is 5.32 Å². The first-order valence-corrected chi connectivity index (χ1v) is 12.8. The third-order valence-corrected chi connectivity index (χ3v) is 6.50. The van der Waals surface area contributed by atoms with Crippen molar-refractivity contribution in [1.29, 1.82) is 0 Å². The maximum Gasteiger partial charge on any atom is 0.244 e. The molecular weight excluding hydrogens is 492 g/mol. The summed E-state index contributed by atoms with van der Waals surface area (Å²) >= 11 is 12.1. The van der Waals surface area contributed by atoms with Crippen molar-refractivity contribution < 1.29 is 22.4 Å². The molecule has 2 aromatic carbocycles. The number of carbonyl (C=O) groups is 2. The van der Waals surface area contributed by atoms with Crippen molar-refractivity contribution in [2.45, 2.75) is 32.9 Å². The summed E-state index contributed by atoms with van der Waals surface area (Å²) in [6.07, 6.45) is 1.66. The Kier molecular flexibility index (Phi) is 9.51. The summed E-state index contributed by atoms with van der Waals surface area (Å²) in [5, 5.41) is 3.10. The Morgan fingerprint density at radius 1 is 1.12 bits per heavy atom. The van der Waals surface area contributed by atoms with Crippen LogP contribution in [0.4, 0.5) is 10.1 Å². The van der Waals surface area contributed by atoms with Crippen LogP contribution in [-0.2, 0) is 26.2 Å². The zero-order valence-electron chi connectivity index (χ0n) is 18.5. The van der Waals surface area contributed by atoms with E-state index in [1.54, 1.807) is 6.92 Å². The van der Waals surface area contributed by atoms with E-state index < -0.39 is 34.3 Å². The van der Waals surface area contributed by atoms with Gasteiger partial charge in [-0.15, -0.1) is 0 Å². The summed E-state index contributed by atoms with van der Waals surface area (Å²) in [5.74, 6) is -1.45. The maximum absolute atomic E-state index is 13.3. The van der Waals surface area contributed by atoms with Crippen molar-refractivity contribution in [2.24, 2.45) is 0 Å². The van der Waals surface area contributed by atoms with Gasteiger partial charge in [-0.3, -0.25) is 13.9 Å². The largest absolute Gasteiger partial charge is 0.354 e. The van der Waals surface area contributed by atoms with Crippen LogP contribution in [0.3, 0.4) is 0 Å². The molecule has 0 unspecified atom stereocenters. The molecule has 0 aliphatic heterocycles. The normalized spacial score (nSPS) is 12.2. The van der Waals surface area contributed by atoms with Gasteiger partial charge in [-0.05, 0) is 49.2 Å². The van der Waals surface area contributed by atoms with E-state index in [1.807, 2.05) is 6.92 Å². The second kappa shape index (κ2) is 11.7. The van der Waals surface area contributed by atoms with Gasteiger partial charge >= 0.3 is 0 Å². The molecule has 0 fully saturated rings. The molecule has 0 aliphatic carbocycles. The second-order valence-electron chi connectivity index (χ2n) is 7.48. The lowest BCUT2D eigenvalue weighted by molar-refractivity contribution is -0.139. The highest BCUT2D eigenvalue weighted by molar-refractivity contribution is 7.92. The first-order chi connectivity index (χ1) is 15.4. The molecule has 7 nitrogen and oxygen atoms in total. The van der Waals surface area contributed by atoms with Crippen LogP contribution < -0.4 is 9.62 Å². The summed E-state index contributed by atoms with van der Waals surface area (Å²) in [4.78, 5) is 27.2. The molecule has 1 atom stereocenters. The van der Waals surface area contributed by atoms with Gasteiger partial charge in [0, 0.05) is 18.1 Å². The molecule has 0 saturated heterocycles. The maximum atomic E-state index is 13.3. The minimum Gasteiger partial charge on any atom is -0.354 e. The second-order valence-corrected chi connectivity index (χ2v) is 10.2. The molecule has 0 radical (unpaired) electrons. The molecule has 0 aliphatic rings. The lowest BCUT2D eigenvalue weighted by Gasteiger charge is -2.31. The summed E-state index contributed by atoms with van der Waals surface area (Å²) in [6, 6.07) is 8.82. The Morgan fingerprint density at radius 2 is 1.76 bits per heavy atom. The summed E-state index contributed by atoms with van der Waals surface area (Å²) in [5.41, 5.74) is 0.664. The van der Waals surface area contributed by atoms with E-state index in [4.69, 9.17) is 23.2 Å². The monoisotopic (exact) mass is 517 g/mol. The van der Waals surface area contributed by atoms with Crippen LogP contribution in [0.2, 0.25) is 10.0 Å². The number of anilines is 1. The molecule has 0 bridgehead atoms. The fourth-order valence-electron chi connectivity index (χ4n) is 3.04. The summed E-state index contributed by atoms with van der Waals surface area (Å²) in [6.45, 7) is 3.26. The molecular formula is C22H26Cl2FN3O4S. The van der Waals surface area contributed by atoms with Crippen molar-refractivity contribution in [3.8, 4) is 0 Å². The molecule has 2 amide bonds. The van der Waals surface area contributed by atoms with Crippen LogP contribution in [0.15, 0.2) is 42.5 Å². The molecule has 33 heavy (non-hydrogen) atoms. The number of benzene rings is 2. The summed E-state index contributed by atoms with van der Waals surface area (Å²) in [7, 11) is -3.91. The SMILES string of the molecule is CCCNC(=O)[C@@H](C)N(Cc1ccc(F)cc1)C(=O)CN(c1ccc(Cl)cc1Cl)S(C)(=O)=O. The third-order valence-electron chi connectivity index (χ3n) is 4.84. The average Bonchev–Trinajstić information content (AvgIpc) is 2.74. The minimum absolute atomic E-state index is 0.0220. The van der Waals surface area contributed by atoms with Crippen LogP contribution in [-0.4, -0.2) is 50.5 Å². The molecule has 2 aromatic rings. The van der Waals surface area contributed by atoms with Gasteiger partial charge in [0.2, 0.25) is 21.8 Å². The van der Waals surface area contributed by atoms with Crippen LogP contribution in [0.1, 0.15) is 25.8 Å². The van der Waals surface area contributed by atoms with Crippen LogP contribution >= 0.6 is 23.2 Å². The first-order valence-electron chi connectivity index (χ1n) is 10.2. The van der Waals surface area contributed by atoms with Gasteiger partial charge in [-0.1, -0.05) is 42.3 Å². The average molecular weight is 518 g/mol. The van der Waals surface area contributed by atoms with Gasteiger partial charge < -0.3 is 10.2 Å².